The van der Waals surface area contributed by atoms with Crippen LogP contribution in [0.2, 0.25) is 0 Å². The van der Waals surface area contributed by atoms with Crippen molar-refractivity contribution in [2.24, 2.45) is 0 Å². The van der Waals surface area contributed by atoms with Crippen LogP contribution in [0.1, 0.15) is 0 Å². The summed E-state index contributed by atoms with van der Waals surface area (Å²) >= 11 is 0. The monoisotopic (exact) mass is 195 g/mol. The van der Waals surface area contributed by atoms with Crippen molar-refractivity contribution in [3.63, 3.8) is 0 Å². The summed E-state index contributed by atoms with van der Waals surface area (Å²) in [4.78, 5) is 10.4. The van der Waals surface area contributed by atoms with Gasteiger partial charge in [-0.25, -0.2) is 4.79 Å². The van der Waals surface area contributed by atoms with Crippen LogP contribution in [0, 0.1) is 0 Å². The lowest BCUT2D eigenvalue weighted by atomic mass is 10.3. The minimum atomic E-state index is -0.932. The van der Waals surface area contributed by atoms with Crippen molar-refractivity contribution in [2.45, 2.75) is 0 Å². The summed E-state index contributed by atoms with van der Waals surface area (Å²) in [5.74, 6) is -0.447. The van der Waals surface area contributed by atoms with Gasteiger partial charge in [-0.2, -0.15) is 0 Å². The second kappa shape index (κ2) is 3.25. The average Bonchev–Trinajstić information content (AvgIpc) is 2.56. The maximum absolute atomic E-state index is 10.4. The molecular weight excluding hydrogens is 190 g/mol. The first-order valence-corrected chi connectivity index (χ1v) is 3.68. The SMILES string of the molecule is O=c1onc(Oc2ccc(O)cc2)o1. The van der Waals surface area contributed by atoms with Gasteiger partial charge in [0.15, 0.2) is 0 Å². The topological polar surface area (TPSA) is 85.7 Å². The van der Waals surface area contributed by atoms with Gasteiger partial charge >= 0.3 is 11.9 Å². The van der Waals surface area contributed by atoms with Crippen molar-refractivity contribution in [3.8, 4) is 17.6 Å². The van der Waals surface area contributed by atoms with Gasteiger partial charge in [-0.15, -0.1) is 0 Å². The second-order valence-electron chi connectivity index (χ2n) is 2.40. The van der Waals surface area contributed by atoms with Crippen molar-refractivity contribution in [1.82, 2.24) is 5.16 Å². The predicted octanol–water partition coefficient (Wildman–Crippen LogP) is 1.13. The van der Waals surface area contributed by atoms with E-state index in [1.165, 1.54) is 24.3 Å². The van der Waals surface area contributed by atoms with E-state index in [1.807, 2.05) is 0 Å². The number of aromatic nitrogens is 1. The lowest BCUT2D eigenvalue weighted by Gasteiger charge is -1.97. The number of nitrogens with zero attached hydrogens (tertiary/aromatic N) is 1. The van der Waals surface area contributed by atoms with E-state index < -0.39 is 5.82 Å². The Kier molecular flexibility index (Phi) is 1.94. The van der Waals surface area contributed by atoms with Gasteiger partial charge < -0.3 is 14.3 Å². The molecule has 0 fully saturated rings. The number of hydrogen-bond donors (Lipinski definition) is 1. The largest absolute Gasteiger partial charge is 0.544 e. The summed E-state index contributed by atoms with van der Waals surface area (Å²) in [6.07, 6.45) is -0.277. The molecule has 0 unspecified atom stereocenters. The van der Waals surface area contributed by atoms with Crippen LogP contribution in [0.4, 0.5) is 0 Å². The Bertz CT molecular complexity index is 469. The van der Waals surface area contributed by atoms with Gasteiger partial charge in [-0.3, -0.25) is 4.52 Å². The van der Waals surface area contributed by atoms with Gasteiger partial charge in [0, 0.05) is 5.16 Å². The highest BCUT2D eigenvalue weighted by molar-refractivity contribution is 5.31. The summed E-state index contributed by atoms with van der Waals surface area (Å²) in [6, 6.07) is 5.83. The van der Waals surface area contributed by atoms with E-state index in [0.29, 0.717) is 5.75 Å². The molecule has 0 aliphatic carbocycles. The zero-order chi connectivity index (χ0) is 9.97. The fourth-order valence-corrected chi connectivity index (χ4v) is 0.838. The van der Waals surface area contributed by atoms with E-state index in [2.05, 4.69) is 14.1 Å². The maximum atomic E-state index is 10.4. The van der Waals surface area contributed by atoms with Crippen LogP contribution in [0.15, 0.2) is 38.0 Å². The van der Waals surface area contributed by atoms with E-state index in [-0.39, 0.29) is 11.8 Å². The first-order chi connectivity index (χ1) is 6.74. The number of ether oxygens (including phenoxy) is 1. The van der Waals surface area contributed by atoms with Gasteiger partial charge in [0.1, 0.15) is 11.5 Å². The van der Waals surface area contributed by atoms with E-state index in [0.717, 1.165) is 0 Å². The molecule has 72 valence electrons. The summed E-state index contributed by atoms with van der Waals surface area (Å²) < 4.78 is 13.5. The molecule has 0 spiro atoms. The molecule has 1 aromatic carbocycles. The Morgan fingerprint density at radius 3 is 2.57 bits per heavy atom. The number of phenolic OH excluding ortho intramolecular Hbond substituents is 1. The lowest BCUT2D eigenvalue weighted by Crippen LogP contribution is -1.86. The molecule has 1 N–H and O–H groups in total. The van der Waals surface area contributed by atoms with Crippen molar-refractivity contribution in [3.05, 3.63) is 34.9 Å². The average molecular weight is 195 g/mol. The Morgan fingerprint density at radius 2 is 2.00 bits per heavy atom. The molecule has 6 heteroatoms. The number of phenols is 1. The molecule has 0 amide bonds. The molecule has 0 aliphatic heterocycles. The molecular formula is C8H5NO5. The van der Waals surface area contributed by atoms with Crippen LogP contribution in [0.5, 0.6) is 17.6 Å². The normalized spacial score (nSPS) is 10.0. The summed E-state index contributed by atoms with van der Waals surface area (Å²) in [7, 11) is 0. The maximum Gasteiger partial charge on any atom is 0.544 e. The van der Waals surface area contributed by atoms with Crippen molar-refractivity contribution < 1.29 is 18.8 Å². The molecule has 2 rings (SSSR count). The standard InChI is InChI=1S/C8H5NO5/c10-5-1-3-6(4-2-5)12-7-9-14-8(11)13-7/h1-4,10H. The quantitative estimate of drug-likeness (QED) is 0.772. The molecule has 0 saturated carbocycles. The van der Waals surface area contributed by atoms with Gasteiger partial charge in [0.05, 0.1) is 0 Å². The third-order valence-electron chi connectivity index (χ3n) is 1.41. The highest BCUT2D eigenvalue weighted by Gasteiger charge is 2.05. The summed E-state index contributed by atoms with van der Waals surface area (Å²) in [5.41, 5.74) is 0. The molecule has 0 atom stereocenters. The van der Waals surface area contributed by atoms with E-state index in [1.54, 1.807) is 0 Å². The highest BCUT2D eigenvalue weighted by Crippen LogP contribution is 2.20. The fourth-order valence-electron chi connectivity index (χ4n) is 0.838. The Balaban J connectivity index is 2.19. The molecule has 2 aromatic rings. The molecule has 0 aliphatic rings. The minimum Gasteiger partial charge on any atom is -0.508 e. The molecule has 0 bridgehead atoms. The van der Waals surface area contributed by atoms with Gasteiger partial charge in [-0.1, -0.05) is 0 Å². The smallest absolute Gasteiger partial charge is 0.508 e. The predicted molar refractivity (Wildman–Crippen MR) is 43.2 cm³/mol. The van der Waals surface area contributed by atoms with Crippen LogP contribution in [-0.4, -0.2) is 10.3 Å². The van der Waals surface area contributed by atoms with Crippen LogP contribution in [0.3, 0.4) is 0 Å². The third kappa shape index (κ3) is 1.74. The van der Waals surface area contributed by atoms with E-state index in [4.69, 9.17) is 9.84 Å². The molecule has 0 radical (unpaired) electrons. The highest BCUT2D eigenvalue weighted by atomic mass is 16.7. The number of benzene rings is 1. The Labute approximate surface area is 77.3 Å². The third-order valence-corrected chi connectivity index (χ3v) is 1.41. The van der Waals surface area contributed by atoms with Gasteiger partial charge in [-0.05, 0) is 24.3 Å². The van der Waals surface area contributed by atoms with Crippen molar-refractivity contribution in [1.29, 1.82) is 0 Å². The minimum absolute atomic E-state index is 0.110. The van der Waals surface area contributed by atoms with Crippen molar-refractivity contribution >= 4 is 0 Å². The van der Waals surface area contributed by atoms with E-state index in [9.17, 15) is 4.79 Å². The van der Waals surface area contributed by atoms with Gasteiger partial charge in [0.2, 0.25) is 0 Å². The molecule has 1 aromatic heterocycles. The number of aromatic hydroxyl groups is 1. The number of rotatable bonds is 2. The van der Waals surface area contributed by atoms with Gasteiger partial charge in [0.25, 0.3) is 0 Å². The summed E-state index contributed by atoms with van der Waals surface area (Å²) in [5, 5.41) is 12.2. The Morgan fingerprint density at radius 1 is 1.29 bits per heavy atom. The van der Waals surface area contributed by atoms with E-state index >= 15 is 0 Å². The summed E-state index contributed by atoms with van der Waals surface area (Å²) in [6.45, 7) is 0. The van der Waals surface area contributed by atoms with Crippen LogP contribution >= 0.6 is 0 Å². The molecule has 1 heterocycles. The second-order valence-corrected chi connectivity index (χ2v) is 2.40. The lowest BCUT2D eigenvalue weighted by molar-refractivity contribution is 0.313. The molecule has 6 nitrogen and oxygen atoms in total. The first kappa shape index (κ1) is 8.36. The molecule has 14 heavy (non-hydrogen) atoms. The zero-order valence-corrected chi connectivity index (χ0v) is 6.84. The first-order valence-electron chi connectivity index (χ1n) is 3.68. The fraction of sp³-hybridized carbons (Fsp3) is 0. The van der Waals surface area contributed by atoms with Crippen LogP contribution in [0.25, 0.3) is 0 Å². The molecule has 0 saturated heterocycles. The van der Waals surface area contributed by atoms with Crippen molar-refractivity contribution in [2.75, 3.05) is 0 Å². The van der Waals surface area contributed by atoms with Crippen LogP contribution < -0.4 is 10.6 Å². The number of hydrogen-bond acceptors (Lipinski definition) is 6. The van der Waals surface area contributed by atoms with Crippen LogP contribution in [-0.2, 0) is 0 Å². The Hall–Kier alpha value is -2.24. The zero-order valence-electron chi connectivity index (χ0n) is 6.84.